The Kier molecular flexibility index (Phi) is 5.92. The van der Waals surface area contributed by atoms with Crippen molar-refractivity contribution in [1.82, 2.24) is 24.4 Å². The molecule has 2 fully saturated rings. The minimum absolute atomic E-state index is 0.124. The molecular formula is C21H29N5O3S. The maximum atomic E-state index is 13.0. The van der Waals surface area contributed by atoms with Crippen LogP contribution in [0.1, 0.15) is 73.4 Å². The number of piperidine rings is 1. The summed E-state index contributed by atoms with van der Waals surface area (Å²) in [6.45, 7) is 5.65. The Hall–Kier alpha value is -2.26. The average molecular weight is 432 g/mol. The van der Waals surface area contributed by atoms with E-state index in [1.807, 2.05) is 13.8 Å². The maximum Gasteiger partial charge on any atom is 0.253 e. The van der Waals surface area contributed by atoms with Crippen molar-refractivity contribution >= 4 is 15.9 Å². The molecular weight excluding hydrogens is 402 g/mol. The molecule has 1 saturated heterocycles. The van der Waals surface area contributed by atoms with E-state index >= 15 is 0 Å². The third-order valence-corrected chi connectivity index (χ3v) is 8.10. The third kappa shape index (κ3) is 4.13. The van der Waals surface area contributed by atoms with Gasteiger partial charge in [-0.15, -0.1) is 0 Å². The van der Waals surface area contributed by atoms with Gasteiger partial charge in [-0.2, -0.15) is 9.40 Å². The summed E-state index contributed by atoms with van der Waals surface area (Å²) < 4.78 is 27.0. The molecule has 1 N–H and O–H groups in total. The van der Waals surface area contributed by atoms with Gasteiger partial charge in [-0.05, 0) is 43.9 Å². The zero-order valence-electron chi connectivity index (χ0n) is 17.5. The highest BCUT2D eigenvalue weighted by atomic mass is 32.2. The SMILES string of the molecule is CCN(CC)S(=O)(=O)c1cccc(C(=O)N2CCC(c3nc(C4CC4)n[nH]3)CC2)c1. The Labute approximate surface area is 177 Å². The van der Waals surface area contributed by atoms with Crippen LogP contribution in [0, 0.1) is 0 Å². The molecule has 1 aliphatic heterocycles. The molecule has 0 bridgehead atoms. The van der Waals surface area contributed by atoms with Crippen LogP contribution in [0.5, 0.6) is 0 Å². The Morgan fingerprint density at radius 3 is 2.47 bits per heavy atom. The fraction of sp³-hybridized carbons (Fsp3) is 0.571. The highest BCUT2D eigenvalue weighted by Crippen LogP contribution is 2.38. The summed E-state index contributed by atoms with van der Waals surface area (Å²) >= 11 is 0. The first kappa shape index (κ1) is 21.0. The molecule has 162 valence electrons. The highest BCUT2D eigenvalue weighted by Gasteiger charge is 2.31. The van der Waals surface area contributed by atoms with Crippen molar-refractivity contribution < 1.29 is 13.2 Å². The predicted octanol–water partition coefficient (Wildman–Crippen LogP) is 2.73. The molecule has 2 heterocycles. The number of hydrogen-bond acceptors (Lipinski definition) is 5. The van der Waals surface area contributed by atoms with E-state index in [1.54, 1.807) is 23.1 Å². The van der Waals surface area contributed by atoms with Gasteiger partial charge in [-0.25, -0.2) is 13.4 Å². The summed E-state index contributed by atoms with van der Waals surface area (Å²) in [7, 11) is -3.59. The number of hydrogen-bond donors (Lipinski definition) is 1. The second-order valence-electron chi connectivity index (χ2n) is 8.04. The van der Waals surface area contributed by atoms with Crippen molar-refractivity contribution in [3.05, 3.63) is 41.5 Å². The minimum Gasteiger partial charge on any atom is -0.339 e. The number of sulfonamides is 1. The molecule has 0 radical (unpaired) electrons. The van der Waals surface area contributed by atoms with Crippen LogP contribution in [0.4, 0.5) is 0 Å². The predicted molar refractivity (Wildman–Crippen MR) is 113 cm³/mol. The first-order valence-electron chi connectivity index (χ1n) is 10.8. The van der Waals surface area contributed by atoms with E-state index in [1.165, 1.54) is 23.2 Å². The van der Waals surface area contributed by atoms with Gasteiger partial charge in [0.1, 0.15) is 5.82 Å². The van der Waals surface area contributed by atoms with Crippen LogP contribution in [0.25, 0.3) is 0 Å². The molecule has 2 aliphatic rings. The highest BCUT2D eigenvalue weighted by molar-refractivity contribution is 7.89. The number of aromatic amines is 1. The van der Waals surface area contributed by atoms with E-state index in [9.17, 15) is 13.2 Å². The summed E-state index contributed by atoms with van der Waals surface area (Å²) in [5, 5.41) is 7.42. The Morgan fingerprint density at radius 2 is 1.83 bits per heavy atom. The second-order valence-corrected chi connectivity index (χ2v) is 9.97. The fourth-order valence-electron chi connectivity index (χ4n) is 4.04. The van der Waals surface area contributed by atoms with E-state index < -0.39 is 10.0 Å². The van der Waals surface area contributed by atoms with Gasteiger partial charge in [0.15, 0.2) is 5.82 Å². The molecule has 30 heavy (non-hydrogen) atoms. The standard InChI is InChI=1S/C21H29N5O3S/c1-3-26(4-2)30(28,29)18-7-5-6-17(14-18)21(27)25-12-10-16(11-13-25)20-22-19(23-24-20)15-8-9-15/h5-7,14-16H,3-4,8-13H2,1-2H3,(H,22,23,24). The van der Waals surface area contributed by atoms with Gasteiger partial charge >= 0.3 is 0 Å². The fourth-order valence-corrected chi connectivity index (χ4v) is 5.54. The van der Waals surface area contributed by atoms with Gasteiger partial charge in [0.05, 0.1) is 4.90 Å². The molecule has 1 saturated carbocycles. The van der Waals surface area contributed by atoms with E-state index in [0.717, 1.165) is 24.5 Å². The second kappa shape index (κ2) is 8.47. The summed E-state index contributed by atoms with van der Waals surface area (Å²) in [5.41, 5.74) is 0.414. The smallest absolute Gasteiger partial charge is 0.253 e. The van der Waals surface area contributed by atoms with Gasteiger partial charge in [0.25, 0.3) is 5.91 Å². The van der Waals surface area contributed by atoms with Crippen LogP contribution >= 0.6 is 0 Å². The zero-order valence-corrected chi connectivity index (χ0v) is 18.4. The molecule has 0 unspecified atom stereocenters. The lowest BCUT2D eigenvalue weighted by atomic mass is 9.95. The Balaban J connectivity index is 1.42. The first-order valence-corrected chi connectivity index (χ1v) is 12.2. The molecule has 8 nitrogen and oxygen atoms in total. The van der Waals surface area contributed by atoms with Gasteiger partial charge in [0, 0.05) is 43.6 Å². The van der Waals surface area contributed by atoms with Gasteiger partial charge in [-0.3, -0.25) is 9.89 Å². The number of H-pyrrole nitrogens is 1. The molecule has 1 aromatic carbocycles. The number of amides is 1. The van der Waals surface area contributed by atoms with E-state index in [-0.39, 0.29) is 16.7 Å². The average Bonchev–Trinajstić information content (AvgIpc) is 3.51. The van der Waals surface area contributed by atoms with Crippen LogP contribution in [0.2, 0.25) is 0 Å². The lowest BCUT2D eigenvalue weighted by molar-refractivity contribution is 0.0711. The molecule has 9 heteroatoms. The maximum absolute atomic E-state index is 13.0. The molecule has 0 spiro atoms. The summed E-state index contributed by atoms with van der Waals surface area (Å²) in [4.78, 5) is 19.6. The number of nitrogens with zero attached hydrogens (tertiary/aromatic N) is 4. The summed E-state index contributed by atoms with van der Waals surface area (Å²) in [6, 6.07) is 6.39. The number of aromatic nitrogens is 3. The Morgan fingerprint density at radius 1 is 1.13 bits per heavy atom. The van der Waals surface area contributed by atoms with E-state index in [0.29, 0.717) is 37.7 Å². The molecule has 0 atom stereocenters. The molecule has 2 aromatic rings. The van der Waals surface area contributed by atoms with Gasteiger partial charge < -0.3 is 4.90 Å². The number of carbonyl (C=O) groups excluding carboxylic acids is 1. The van der Waals surface area contributed by atoms with Crippen LogP contribution < -0.4 is 0 Å². The van der Waals surface area contributed by atoms with Crippen LogP contribution in [-0.2, 0) is 10.0 Å². The Bertz CT molecular complexity index is 1000. The lowest BCUT2D eigenvalue weighted by Crippen LogP contribution is -2.38. The van der Waals surface area contributed by atoms with Gasteiger partial charge in [-0.1, -0.05) is 19.9 Å². The summed E-state index contributed by atoms with van der Waals surface area (Å²) in [6.07, 6.45) is 3.99. The van der Waals surface area contributed by atoms with Crippen molar-refractivity contribution in [2.75, 3.05) is 26.2 Å². The molecule has 4 rings (SSSR count). The number of rotatable bonds is 7. The molecule has 1 aliphatic carbocycles. The normalized spacial score (nSPS) is 18.2. The number of carbonyl (C=O) groups is 1. The number of likely N-dealkylation sites (tertiary alicyclic amines) is 1. The summed E-state index contributed by atoms with van der Waals surface area (Å²) in [5.74, 6) is 2.53. The number of nitrogens with one attached hydrogen (secondary N) is 1. The van der Waals surface area contributed by atoms with E-state index in [4.69, 9.17) is 0 Å². The zero-order chi connectivity index (χ0) is 21.3. The number of benzene rings is 1. The van der Waals surface area contributed by atoms with Crippen molar-refractivity contribution in [3.63, 3.8) is 0 Å². The first-order chi connectivity index (χ1) is 14.4. The minimum atomic E-state index is -3.59. The third-order valence-electron chi connectivity index (χ3n) is 6.06. The molecule has 1 aromatic heterocycles. The lowest BCUT2D eigenvalue weighted by Gasteiger charge is -2.31. The topological polar surface area (TPSA) is 99.3 Å². The van der Waals surface area contributed by atoms with Crippen LogP contribution in [0.3, 0.4) is 0 Å². The molecule has 1 amide bonds. The van der Waals surface area contributed by atoms with Gasteiger partial charge in [0.2, 0.25) is 10.0 Å². The quantitative estimate of drug-likeness (QED) is 0.727. The largest absolute Gasteiger partial charge is 0.339 e. The monoisotopic (exact) mass is 431 g/mol. The van der Waals surface area contributed by atoms with Crippen LogP contribution in [-0.4, -0.2) is 64.9 Å². The van der Waals surface area contributed by atoms with Crippen LogP contribution in [0.15, 0.2) is 29.2 Å². The van der Waals surface area contributed by atoms with E-state index in [2.05, 4.69) is 15.2 Å². The van der Waals surface area contributed by atoms with Crippen molar-refractivity contribution in [2.24, 2.45) is 0 Å². The van der Waals surface area contributed by atoms with Crippen molar-refractivity contribution in [3.8, 4) is 0 Å². The van der Waals surface area contributed by atoms with Crippen molar-refractivity contribution in [2.45, 2.75) is 56.3 Å². The van der Waals surface area contributed by atoms with Crippen molar-refractivity contribution in [1.29, 1.82) is 0 Å².